The number of unbranched alkanes of at least 4 members (excludes halogenated alkanes) is 1. The maximum atomic E-state index is 15.1. The first-order valence-corrected chi connectivity index (χ1v) is 12.0. The molecule has 170 valence electrons. The topological polar surface area (TPSA) is 12.9 Å². The van der Waals surface area contributed by atoms with Gasteiger partial charge in [0.05, 0.1) is 5.02 Å². The minimum atomic E-state index is -0.441. The molecule has 0 fully saturated rings. The van der Waals surface area contributed by atoms with Crippen molar-refractivity contribution in [3.63, 3.8) is 0 Å². The van der Waals surface area contributed by atoms with Gasteiger partial charge in [-0.05, 0) is 84.4 Å². The Balaban J connectivity index is 1.41. The van der Waals surface area contributed by atoms with Crippen molar-refractivity contribution in [2.75, 3.05) is 0 Å². The molecule has 4 aromatic rings. The van der Waals surface area contributed by atoms with E-state index in [4.69, 9.17) is 11.6 Å². The first-order chi connectivity index (χ1) is 16.0. The first kappa shape index (κ1) is 23.4. The van der Waals surface area contributed by atoms with Gasteiger partial charge in [-0.15, -0.1) is 0 Å². The number of aromatic nitrogens is 1. The van der Waals surface area contributed by atoms with Crippen LogP contribution in [-0.4, -0.2) is 4.98 Å². The number of hydrogen-bond donors (Lipinski definition) is 0. The zero-order valence-corrected chi connectivity index (χ0v) is 19.6. The summed E-state index contributed by atoms with van der Waals surface area (Å²) >= 11 is 5.74. The number of halogens is 3. The van der Waals surface area contributed by atoms with Gasteiger partial charge in [0.25, 0.3) is 0 Å². The predicted molar refractivity (Wildman–Crippen MR) is 133 cm³/mol. The molecule has 0 aliphatic carbocycles. The summed E-state index contributed by atoms with van der Waals surface area (Å²) in [5, 5.41) is 1.62. The fraction of sp³-hybridized carbons (Fsp3) is 0.276. The van der Waals surface area contributed by atoms with Crippen LogP contribution in [0.3, 0.4) is 0 Å². The number of rotatable bonds is 9. The van der Waals surface area contributed by atoms with Crippen LogP contribution in [0.1, 0.15) is 47.7 Å². The number of pyridine rings is 1. The lowest BCUT2D eigenvalue weighted by molar-refractivity contribution is 0.617. The minimum Gasteiger partial charge on any atom is -0.261 e. The second-order valence-electron chi connectivity index (χ2n) is 8.60. The van der Waals surface area contributed by atoms with Crippen molar-refractivity contribution in [3.05, 3.63) is 111 Å². The molecule has 1 aromatic heterocycles. The lowest BCUT2D eigenvalue weighted by Gasteiger charge is -2.09. The van der Waals surface area contributed by atoms with Crippen LogP contribution in [0.15, 0.2) is 66.9 Å². The molecule has 0 saturated carbocycles. The molecule has 0 unspecified atom stereocenters. The molecule has 3 aromatic carbocycles. The summed E-state index contributed by atoms with van der Waals surface area (Å²) in [5.74, 6) is -0.638. The van der Waals surface area contributed by atoms with Crippen LogP contribution in [0.2, 0.25) is 5.02 Å². The molecule has 0 radical (unpaired) electrons. The molecule has 4 heteroatoms. The molecular weight excluding hydrogens is 436 g/mol. The third kappa shape index (κ3) is 5.97. The summed E-state index contributed by atoms with van der Waals surface area (Å²) in [6.07, 6.45) is 8.23. The Morgan fingerprint density at radius 1 is 0.758 bits per heavy atom. The smallest absolute Gasteiger partial charge is 0.142 e. The molecule has 0 amide bonds. The summed E-state index contributed by atoms with van der Waals surface area (Å²) < 4.78 is 28.8. The minimum absolute atomic E-state index is 0.103. The van der Waals surface area contributed by atoms with E-state index < -0.39 is 5.82 Å². The average Bonchev–Trinajstić information content (AvgIpc) is 2.83. The summed E-state index contributed by atoms with van der Waals surface area (Å²) in [6, 6.07) is 18.8. The Labute approximate surface area is 199 Å². The third-order valence-electron chi connectivity index (χ3n) is 6.14. The highest BCUT2D eigenvalue weighted by Crippen LogP contribution is 2.25. The summed E-state index contributed by atoms with van der Waals surface area (Å²) in [6.45, 7) is 2.20. The van der Waals surface area contributed by atoms with Gasteiger partial charge in [-0.25, -0.2) is 8.78 Å². The van der Waals surface area contributed by atoms with E-state index in [1.165, 1.54) is 30.0 Å². The third-order valence-corrected chi connectivity index (χ3v) is 6.45. The normalized spacial score (nSPS) is 11.3. The van der Waals surface area contributed by atoms with Gasteiger partial charge in [-0.3, -0.25) is 4.98 Å². The lowest BCUT2D eigenvalue weighted by Crippen LogP contribution is -1.98. The van der Waals surface area contributed by atoms with Crippen LogP contribution in [0.4, 0.5) is 8.78 Å². The second kappa shape index (κ2) is 10.9. The highest BCUT2D eigenvalue weighted by molar-refractivity contribution is 6.30. The Kier molecular flexibility index (Phi) is 7.72. The van der Waals surface area contributed by atoms with Crippen molar-refractivity contribution >= 4 is 22.4 Å². The van der Waals surface area contributed by atoms with E-state index in [2.05, 4.69) is 30.1 Å². The molecule has 0 N–H and O–H groups in total. The number of nitrogens with zero attached hydrogens (tertiary/aromatic N) is 1. The van der Waals surface area contributed by atoms with Crippen molar-refractivity contribution in [2.24, 2.45) is 0 Å². The maximum absolute atomic E-state index is 15.1. The van der Waals surface area contributed by atoms with Gasteiger partial charge in [0.1, 0.15) is 11.6 Å². The van der Waals surface area contributed by atoms with E-state index in [9.17, 15) is 4.39 Å². The second-order valence-corrected chi connectivity index (χ2v) is 9.01. The molecule has 0 atom stereocenters. The van der Waals surface area contributed by atoms with E-state index in [0.717, 1.165) is 35.9 Å². The highest BCUT2D eigenvalue weighted by Gasteiger charge is 2.10. The SMILES string of the molecule is CCCCc1ccc(CCc2ccc3c(F)c(CCc4ccc(Cl)c(F)c4)ccc3c2)nc1. The van der Waals surface area contributed by atoms with Crippen molar-refractivity contribution in [2.45, 2.75) is 51.9 Å². The molecular formula is C29H28ClF2N. The van der Waals surface area contributed by atoms with Gasteiger partial charge < -0.3 is 0 Å². The van der Waals surface area contributed by atoms with Crippen LogP contribution in [0.25, 0.3) is 10.8 Å². The van der Waals surface area contributed by atoms with Gasteiger partial charge in [0.15, 0.2) is 0 Å². The quantitative estimate of drug-likeness (QED) is 0.244. The van der Waals surface area contributed by atoms with Gasteiger partial charge in [0.2, 0.25) is 0 Å². The van der Waals surface area contributed by atoms with Crippen LogP contribution in [0.5, 0.6) is 0 Å². The average molecular weight is 464 g/mol. The Morgan fingerprint density at radius 2 is 1.52 bits per heavy atom. The highest BCUT2D eigenvalue weighted by atomic mass is 35.5. The van der Waals surface area contributed by atoms with E-state index in [1.54, 1.807) is 12.1 Å². The van der Waals surface area contributed by atoms with Crippen LogP contribution < -0.4 is 0 Å². The number of benzene rings is 3. The summed E-state index contributed by atoms with van der Waals surface area (Å²) in [7, 11) is 0. The summed E-state index contributed by atoms with van der Waals surface area (Å²) in [4.78, 5) is 4.60. The molecule has 0 aliphatic heterocycles. The standard InChI is InChI=1S/C29H28ClF2N/c1-2-3-4-22-7-14-25(33-19-22)13-6-20-8-15-26-24(17-20)12-11-23(29(26)32)10-5-21-9-16-27(30)28(31)18-21/h7-9,11-12,14-19H,2-6,10,13H2,1H3. The largest absolute Gasteiger partial charge is 0.261 e. The predicted octanol–water partition coefficient (Wildman–Crippen LogP) is 8.08. The molecule has 33 heavy (non-hydrogen) atoms. The number of fused-ring (bicyclic) bond motifs is 1. The molecule has 0 bridgehead atoms. The molecule has 4 rings (SSSR count). The van der Waals surface area contributed by atoms with Gasteiger partial charge in [0, 0.05) is 17.3 Å². The fourth-order valence-electron chi connectivity index (χ4n) is 4.11. The molecule has 0 aliphatic rings. The van der Waals surface area contributed by atoms with Crippen molar-refractivity contribution in [3.8, 4) is 0 Å². The van der Waals surface area contributed by atoms with E-state index in [1.807, 2.05) is 30.5 Å². The summed E-state index contributed by atoms with van der Waals surface area (Å²) in [5.41, 5.74) is 4.98. The van der Waals surface area contributed by atoms with E-state index in [-0.39, 0.29) is 10.8 Å². The van der Waals surface area contributed by atoms with Crippen molar-refractivity contribution in [1.82, 2.24) is 4.98 Å². The van der Waals surface area contributed by atoms with E-state index in [0.29, 0.717) is 23.8 Å². The monoisotopic (exact) mass is 463 g/mol. The maximum Gasteiger partial charge on any atom is 0.142 e. The molecule has 0 saturated heterocycles. The Bertz CT molecular complexity index is 1230. The first-order valence-electron chi connectivity index (χ1n) is 11.6. The van der Waals surface area contributed by atoms with Crippen LogP contribution in [-0.2, 0) is 32.1 Å². The molecule has 1 nitrogen and oxygen atoms in total. The Hall–Kier alpha value is -2.78. The lowest BCUT2D eigenvalue weighted by atomic mass is 9.98. The number of hydrogen-bond acceptors (Lipinski definition) is 1. The van der Waals surface area contributed by atoms with Gasteiger partial charge in [-0.1, -0.05) is 67.4 Å². The zero-order valence-electron chi connectivity index (χ0n) is 18.9. The van der Waals surface area contributed by atoms with Crippen LogP contribution >= 0.6 is 11.6 Å². The molecule has 1 heterocycles. The van der Waals surface area contributed by atoms with Crippen LogP contribution in [0, 0.1) is 11.6 Å². The van der Waals surface area contributed by atoms with Gasteiger partial charge in [-0.2, -0.15) is 0 Å². The van der Waals surface area contributed by atoms with E-state index >= 15 is 4.39 Å². The van der Waals surface area contributed by atoms with Crippen molar-refractivity contribution in [1.29, 1.82) is 0 Å². The van der Waals surface area contributed by atoms with Gasteiger partial charge >= 0.3 is 0 Å². The van der Waals surface area contributed by atoms with Crippen molar-refractivity contribution < 1.29 is 8.78 Å². The number of aryl methyl sites for hydroxylation is 5. The zero-order chi connectivity index (χ0) is 23.2. The molecule has 0 spiro atoms. The fourth-order valence-corrected chi connectivity index (χ4v) is 4.23. The Morgan fingerprint density at radius 3 is 2.27 bits per heavy atom.